The van der Waals surface area contributed by atoms with E-state index in [-0.39, 0.29) is 0 Å². The van der Waals surface area contributed by atoms with Gasteiger partial charge in [0.15, 0.2) is 0 Å². The fourth-order valence-corrected chi connectivity index (χ4v) is 1.14. The van der Waals surface area contributed by atoms with Gasteiger partial charge in [0.1, 0.15) is 5.75 Å². The van der Waals surface area contributed by atoms with Crippen molar-refractivity contribution in [2.24, 2.45) is 10.9 Å². The fourth-order valence-electron chi connectivity index (χ4n) is 1.14. The van der Waals surface area contributed by atoms with Crippen LogP contribution < -0.4 is 0 Å². The zero-order valence-electron chi connectivity index (χ0n) is 8.99. The van der Waals surface area contributed by atoms with Crippen molar-refractivity contribution in [3.8, 4) is 5.75 Å². The SMILES string of the molecule is Cc1ccc(O)c(C=NCC(C)C)c1. The van der Waals surface area contributed by atoms with E-state index in [1.54, 1.807) is 12.3 Å². The molecule has 1 N–H and O–H groups in total. The molecule has 1 rings (SSSR count). The summed E-state index contributed by atoms with van der Waals surface area (Å²) in [6.07, 6.45) is 1.74. The largest absolute Gasteiger partial charge is 0.507 e. The first-order valence-electron chi connectivity index (χ1n) is 4.89. The molecular formula is C12H17NO. The second-order valence-corrected chi connectivity index (χ2v) is 3.95. The summed E-state index contributed by atoms with van der Waals surface area (Å²) in [5, 5.41) is 9.51. The van der Waals surface area contributed by atoms with Crippen LogP contribution in [0.5, 0.6) is 5.75 Å². The van der Waals surface area contributed by atoms with Gasteiger partial charge < -0.3 is 5.11 Å². The fraction of sp³-hybridized carbons (Fsp3) is 0.417. The van der Waals surface area contributed by atoms with Gasteiger partial charge in [-0.2, -0.15) is 0 Å². The second-order valence-electron chi connectivity index (χ2n) is 3.95. The number of benzene rings is 1. The molecule has 0 amide bonds. The molecule has 0 aliphatic rings. The van der Waals surface area contributed by atoms with E-state index in [4.69, 9.17) is 0 Å². The Morgan fingerprint density at radius 2 is 2.14 bits per heavy atom. The Bertz CT molecular complexity index is 329. The van der Waals surface area contributed by atoms with Gasteiger partial charge in [-0.1, -0.05) is 25.5 Å². The average molecular weight is 191 g/mol. The van der Waals surface area contributed by atoms with Crippen LogP contribution >= 0.6 is 0 Å². The van der Waals surface area contributed by atoms with Gasteiger partial charge in [-0.15, -0.1) is 0 Å². The van der Waals surface area contributed by atoms with E-state index in [9.17, 15) is 5.11 Å². The summed E-state index contributed by atoms with van der Waals surface area (Å²) < 4.78 is 0. The summed E-state index contributed by atoms with van der Waals surface area (Å²) in [6.45, 7) is 7.04. The standard InChI is InChI=1S/C12H17NO/c1-9(2)7-13-8-11-6-10(3)4-5-12(11)14/h4-6,8-9,14H,7H2,1-3H3. The van der Waals surface area contributed by atoms with Gasteiger partial charge in [-0.3, -0.25) is 4.99 Å². The molecular weight excluding hydrogens is 174 g/mol. The molecule has 76 valence electrons. The summed E-state index contributed by atoms with van der Waals surface area (Å²) in [7, 11) is 0. The van der Waals surface area contributed by atoms with E-state index in [1.165, 1.54) is 0 Å². The molecule has 2 nitrogen and oxygen atoms in total. The Morgan fingerprint density at radius 1 is 1.43 bits per heavy atom. The van der Waals surface area contributed by atoms with Crippen LogP contribution in [0.4, 0.5) is 0 Å². The summed E-state index contributed by atoms with van der Waals surface area (Å²) in [5.41, 5.74) is 1.93. The summed E-state index contributed by atoms with van der Waals surface area (Å²) >= 11 is 0. The quantitative estimate of drug-likeness (QED) is 0.732. The van der Waals surface area contributed by atoms with E-state index in [1.807, 2.05) is 19.1 Å². The highest BCUT2D eigenvalue weighted by Gasteiger charge is 1.97. The first-order valence-corrected chi connectivity index (χ1v) is 4.89. The number of phenols is 1. The van der Waals surface area contributed by atoms with Gasteiger partial charge in [-0.25, -0.2) is 0 Å². The van der Waals surface area contributed by atoms with Crippen molar-refractivity contribution in [2.45, 2.75) is 20.8 Å². The predicted molar refractivity (Wildman–Crippen MR) is 60.1 cm³/mol. The molecule has 0 atom stereocenters. The number of phenolic OH excluding ortho intramolecular Hbond substituents is 1. The monoisotopic (exact) mass is 191 g/mol. The summed E-state index contributed by atoms with van der Waals surface area (Å²) in [6, 6.07) is 5.51. The van der Waals surface area contributed by atoms with Gasteiger partial charge in [0.25, 0.3) is 0 Å². The molecule has 0 aliphatic carbocycles. The molecule has 0 aliphatic heterocycles. The predicted octanol–water partition coefficient (Wildman–Crippen LogP) is 2.78. The first-order chi connectivity index (χ1) is 6.59. The molecule has 0 heterocycles. The molecule has 0 unspecified atom stereocenters. The normalized spacial score (nSPS) is 11.4. The Morgan fingerprint density at radius 3 is 2.79 bits per heavy atom. The number of nitrogens with zero attached hydrogens (tertiary/aromatic N) is 1. The lowest BCUT2D eigenvalue weighted by Gasteiger charge is -2.01. The van der Waals surface area contributed by atoms with E-state index < -0.39 is 0 Å². The number of aromatic hydroxyl groups is 1. The molecule has 0 saturated heterocycles. The van der Waals surface area contributed by atoms with Crippen molar-refractivity contribution in [2.75, 3.05) is 6.54 Å². The zero-order chi connectivity index (χ0) is 10.6. The van der Waals surface area contributed by atoms with Crippen molar-refractivity contribution in [1.82, 2.24) is 0 Å². The van der Waals surface area contributed by atoms with E-state index >= 15 is 0 Å². The molecule has 0 aromatic heterocycles. The maximum absolute atomic E-state index is 9.51. The van der Waals surface area contributed by atoms with Crippen LogP contribution in [-0.2, 0) is 0 Å². The molecule has 14 heavy (non-hydrogen) atoms. The second kappa shape index (κ2) is 4.80. The van der Waals surface area contributed by atoms with Crippen LogP contribution in [0.25, 0.3) is 0 Å². The lowest BCUT2D eigenvalue weighted by atomic mass is 10.1. The maximum atomic E-state index is 9.51. The van der Waals surface area contributed by atoms with Crippen molar-refractivity contribution >= 4 is 6.21 Å². The van der Waals surface area contributed by atoms with E-state index in [0.717, 1.165) is 17.7 Å². The van der Waals surface area contributed by atoms with Crippen molar-refractivity contribution in [3.05, 3.63) is 29.3 Å². The van der Waals surface area contributed by atoms with Crippen LogP contribution in [0.1, 0.15) is 25.0 Å². The number of hydrogen-bond acceptors (Lipinski definition) is 2. The van der Waals surface area contributed by atoms with Crippen molar-refractivity contribution in [3.63, 3.8) is 0 Å². The minimum absolute atomic E-state index is 0.295. The van der Waals surface area contributed by atoms with Crippen LogP contribution in [-0.4, -0.2) is 17.9 Å². The summed E-state index contributed by atoms with van der Waals surface area (Å²) in [4.78, 5) is 4.26. The van der Waals surface area contributed by atoms with Crippen molar-refractivity contribution < 1.29 is 5.11 Å². The van der Waals surface area contributed by atoms with Gasteiger partial charge >= 0.3 is 0 Å². The molecule has 0 spiro atoms. The van der Waals surface area contributed by atoms with Gasteiger partial charge in [0, 0.05) is 18.3 Å². The Kier molecular flexibility index (Phi) is 3.69. The Labute approximate surface area is 85.3 Å². The molecule has 0 saturated carbocycles. The number of aryl methyl sites for hydroxylation is 1. The number of hydrogen-bond donors (Lipinski definition) is 1. The van der Waals surface area contributed by atoms with Crippen LogP contribution in [0.3, 0.4) is 0 Å². The first kappa shape index (κ1) is 10.8. The van der Waals surface area contributed by atoms with Crippen LogP contribution in [0.15, 0.2) is 23.2 Å². The topological polar surface area (TPSA) is 32.6 Å². The smallest absolute Gasteiger partial charge is 0.124 e. The summed E-state index contributed by atoms with van der Waals surface area (Å²) in [5.74, 6) is 0.848. The molecule has 0 fully saturated rings. The number of aliphatic imine (C=N–C) groups is 1. The van der Waals surface area contributed by atoms with E-state index in [0.29, 0.717) is 11.7 Å². The Hall–Kier alpha value is -1.31. The third-order valence-electron chi connectivity index (χ3n) is 1.88. The van der Waals surface area contributed by atoms with Crippen LogP contribution in [0, 0.1) is 12.8 Å². The maximum Gasteiger partial charge on any atom is 0.124 e. The highest BCUT2D eigenvalue weighted by Crippen LogP contribution is 2.15. The van der Waals surface area contributed by atoms with Gasteiger partial charge in [0.2, 0.25) is 0 Å². The highest BCUT2D eigenvalue weighted by molar-refractivity contribution is 5.83. The zero-order valence-corrected chi connectivity index (χ0v) is 8.99. The van der Waals surface area contributed by atoms with Gasteiger partial charge in [0.05, 0.1) is 0 Å². The molecule has 1 aromatic carbocycles. The number of rotatable bonds is 3. The Balaban J connectivity index is 2.75. The molecule has 0 radical (unpaired) electrons. The lowest BCUT2D eigenvalue weighted by molar-refractivity contribution is 0.474. The molecule has 1 aromatic rings. The third-order valence-corrected chi connectivity index (χ3v) is 1.88. The van der Waals surface area contributed by atoms with Gasteiger partial charge in [-0.05, 0) is 25.0 Å². The van der Waals surface area contributed by atoms with Crippen molar-refractivity contribution in [1.29, 1.82) is 0 Å². The molecule has 0 bridgehead atoms. The average Bonchev–Trinajstić information content (AvgIpc) is 2.10. The minimum Gasteiger partial charge on any atom is -0.507 e. The molecule has 2 heteroatoms. The lowest BCUT2D eigenvalue weighted by Crippen LogP contribution is -1.93. The minimum atomic E-state index is 0.295. The van der Waals surface area contributed by atoms with E-state index in [2.05, 4.69) is 18.8 Å². The highest BCUT2D eigenvalue weighted by atomic mass is 16.3. The third kappa shape index (κ3) is 3.21. The van der Waals surface area contributed by atoms with Crippen LogP contribution in [0.2, 0.25) is 0 Å².